The molecule has 0 saturated heterocycles. The van der Waals surface area contributed by atoms with Crippen LogP contribution in [0.1, 0.15) is 23.7 Å². The van der Waals surface area contributed by atoms with Crippen molar-refractivity contribution in [1.82, 2.24) is 10.6 Å². The van der Waals surface area contributed by atoms with Gasteiger partial charge in [0.2, 0.25) is 5.91 Å². The van der Waals surface area contributed by atoms with E-state index in [2.05, 4.69) is 10.6 Å². The highest BCUT2D eigenvalue weighted by Crippen LogP contribution is 1.96. The lowest BCUT2D eigenvalue weighted by atomic mass is 10.2. The number of nitrogens with two attached hydrogens (primary N) is 1. The molecular weight excluding hydrogens is 266 g/mol. The van der Waals surface area contributed by atoms with Gasteiger partial charge in [-0.15, -0.1) is 12.4 Å². The summed E-state index contributed by atoms with van der Waals surface area (Å²) in [4.78, 5) is 22.9. The van der Waals surface area contributed by atoms with Crippen molar-refractivity contribution in [2.75, 3.05) is 13.1 Å². The van der Waals surface area contributed by atoms with Gasteiger partial charge in [-0.1, -0.05) is 18.2 Å². The van der Waals surface area contributed by atoms with Crippen LogP contribution >= 0.6 is 12.4 Å². The second kappa shape index (κ2) is 9.35. The van der Waals surface area contributed by atoms with Crippen molar-refractivity contribution < 1.29 is 9.59 Å². The third-order valence-corrected chi connectivity index (χ3v) is 2.28. The maximum absolute atomic E-state index is 11.6. The minimum Gasteiger partial charge on any atom is -0.354 e. The lowest BCUT2D eigenvalue weighted by Gasteiger charge is -2.08. The van der Waals surface area contributed by atoms with E-state index in [9.17, 15) is 9.59 Å². The minimum absolute atomic E-state index is 0. The zero-order chi connectivity index (χ0) is 13.4. The molecule has 0 aliphatic rings. The molecule has 1 rings (SSSR count). The molecule has 19 heavy (non-hydrogen) atoms. The van der Waals surface area contributed by atoms with E-state index in [4.69, 9.17) is 5.73 Å². The van der Waals surface area contributed by atoms with Crippen LogP contribution < -0.4 is 16.4 Å². The van der Waals surface area contributed by atoms with Crippen LogP contribution in [-0.4, -0.2) is 30.9 Å². The van der Waals surface area contributed by atoms with Crippen LogP contribution in [0.15, 0.2) is 30.3 Å². The summed E-state index contributed by atoms with van der Waals surface area (Å²) >= 11 is 0. The molecule has 0 bridgehead atoms. The summed E-state index contributed by atoms with van der Waals surface area (Å²) in [6, 6.07) is 8.79. The van der Waals surface area contributed by atoms with Gasteiger partial charge in [0.25, 0.3) is 5.91 Å². The van der Waals surface area contributed by atoms with Crippen LogP contribution in [0.3, 0.4) is 0 Å². The number of nitrogens with one attached hydrogen (secondary N) is 2. The molecule has 106 valence electrons. The van der Waals surface area contributed by atoms with Gasteiger partial charge in [-0.05, 0) is 19.1 Å². The maximum atomic E-state index is 11.6. The van der Waals surface area contributed by atoms with Gasteiger partial charge in [0.15, 0.2) is 0 Å². The zero-order valence-electron chi connectivity index (χ0n) is 10.9. The van der Waals surface area contributed by atoms with Gasteiger partial charge < -0.3 is 16.4 Å². The van der Waals surface area contributed by atoms with E-state index >= 15 is 0 Å². The first-order valence-corrected chi connectivity index (χ1v) is 5.95. The molecule has 0 heterocycles. The Kier molecular flexibility index (Phi) is 8.57. The minimum atomic E-state index is -0.149. The Morgan fingerprint density at radius 1 is 1.16 bits per heavy atom. The Balaban J connectivity index is 0.00000324. The summed E-state index contributed by atoms with van der Waals surface area (Å²) < 4.78 is 0. The third kappa shape index (κ3) is 7.43. The summed E-state index contributed by atoms with van der Waals surface area (Å²) in [5.74, 6) is -0.240. The molecule has 1 atom stereocenters. The van der Waals surface area contributed by atoms with Crippen molar-refractivity contribution >= 4 is 24.2 Å². The quantitative estimate of drug-likeness (QED) is 0.673. The zero-order valence-corrected chi connectivity index (χ0v) is 11.7. The fourth-order valence-electron chi connectivity index (χ4n) is 1.43. The molecule has 0 spiro atoms. The highest BCUT2D eigenvalue weighted by atomic mass is 35.5. The van der Waals surface area contributed by atoms with E-state index in [1.54, 1.807) is 31.2 Å². The van der Waals surface area contributed by atoms with Gasteiger partial charge in [-0.25, -0.2) is 0 Å². The number of rotatable bonds is 6. The maximum Gasteiger partial charge on any atom is 0.251 e. The first-order valence-electron chi connectivity index (χ1n) is 5.95. The summed E-state index contributed by atoms with van der Waals surface area (Å²) in [7, 11) is 0. The average molecular weight is 286 g/mol. The predicted molar refractivity (Wildman–Crippen MR) is 77.3 cm³/mol. The first kappa shape index (κ1) is 17.4. The smallest absolute Gasteiger partial charge is 0.251 e. The fourth-order valence-corrected chi connectivity index (χ4v) is 1.43. The van der Waals surface area contributed by atoms with Crippen LogP contribution in [0.25, 0.3) is 0 Å². The molecule has 6 heteroatoms. The number of hydrogen-bond acceptors (Lipinski definition) is 3. The largest absolute Gasteiger partial charge is 0.354 e. The van der Waals surface area contributed by atoms with E-state index in [1.165, 1.54) is 0 Å². The third-order valence-electron chi connectivity index (χ3n) is 2.28. The topological polar surface area (TPSA) is 84.2 Å². The lowest BCUT2D eigenvalue weighted by Crippen LogP contribution is -2.36. The Labute approximate surface area is 119 Å². The fraction of sp³-hybridized carbons (Fsp3) is 0.385. The van der Waals surface area contributed by atoms with Gasteiger partial charge in [0.05, 0.1) is 0 Å². The van der Waals surface area contributed by atoms with Crippen molar-refractivity contribution in [3.8, 4) is 0 Å². The molecule has 0 fully saturated rings. The number of amides is 2. The van der Waals surface area contributed by atoms with Crippen molar-refractivity contribution in [3.63, 3.8) is 0 Å². The number of hydrogen-bond donors (Lipinski definition) is 3. The van der Waals surface area contributed by atoms with Crippen LogP contribution in [0.5, 0.6) is 0 Å². The molecule has 0 aliphatic heterocycles. The standard InChI is InChI=1S/C13H19N3O2.ClH/c1-10(14)9-12(17)15-7-8-16-13(18)11-5-3-2-4-6-11;/h2-6,10H,7-9,14H2,1H3,(H,15,17)(H,16,18);1H. The molecule has 1 unspecified atom stereocenters. The number of carbonyl (C=O) groups is 2. The van der Waals surface area contributed by atoms with Gasteiger partial charge in [-0.2, -0.15) is 0 Å². The average Bonchev–Trinajstić information content (AvgIpc) is 2.34. The molecule has 0 radical (unpaired) electrons. The van der Waals surface area contributed by atoms with Gasteiger partial charge >= 0.3 is 0 Å². The number of benzene rings is 1. The van der Waals surface area contributed by atoms with Crippen molar-refractivity contribution in [2.45, 2.75) is 19.4 Å². The highest BCUT2D eigenvalue weighted by molar-refractivity contribution is 5.94. The Hall–Kier alpha value is -1.59. The monoisotopic (exact) mass is 285 g/mol. The molecule has 5 nitrogen and oxygen atoms in total. The van der Waals surface area contributed by atoms with Gasteiger partial charge in [0, 0.05) is 31.1 Å². The lowest BCUT2D eigenvalue weighted by molar-refractivity contribution is -0.121. The molecule has 0 aromatic heterocycles. The number of carbonyl (C=O) groups excluding carboxylic acids is 2. The van der Waals surface area contributed by atoms with Gasteiger partial charge in [-0.3, -0.25) is 9.59 Å². The van der Waals surface area contributed by atoms with Crippen molar-refractivity contribution in [1.29, 1.82) is 0 Å². The van der Waals surface area contributed by atoms with E-state index < -0.39 is 0 Å². The second-order valence-electron chi connectivity index (χ2n) is 4.15. The van der Waals surface area contributed by atoms with E-state index in [-0.39, 0.29) is 30.3 Å². The van der Waals surface area contributed by atoms with Crippen LogP contribution in [0, 0.1) is 0 Å². The normalized spacial score (nSPS) is 11.1. The Morgan fingerprint density at radius 2 is 1.74 bits per heavy atom. The molecule has 2 amide bonds. The van der Waals surface area contributed by atoms with Crippen LogP contribution in [0.4, 0.5) is 0 Å². The molecule has 0 aliphatic carbocycles. The second-order valence-corrected chi connectivity index (χ2v) is 4.15. The summed E-state index contributed by atoms with van der Waals surface area (Å²) in [6.45, 7) is 2.58. The van der Waals surface area contributed by atoms with Gasteiger partial charge in [0.1, 0.15) is 0 Å². The van der Waals surface area contributed by atoms with Crippen molar-refractivity contribution in [3.05, 3.63) is 35.9 Å². The predicted octanol–water partition coefficient (Wildman–Crippen LogP) is 0.692. The van der Waals surface area contributed by atoms with Crippen LogP contribution in [0.2, 0.25) is 0 Å². The van der Waals surface area contributed by atoms with Crippen LogP contribution in [-0.2, 0) is 4.79 Å². The molecule has 1 aromatic rings. The first-order chi connectivity index (χ1) is 8.59. The van der Waals surface area contributed by atoms with Crippen molar-refractivity contribution in [2.24, 2.45) is 5.73 Å². The van der Waals surface area contributed by atoms with E-state index in [1.807, 2.05) is 6.07 Å². The van der Waals surface area contributed by atoms with E-state index in [0.717, 1.165) is 0 Å². The molecule has 0 saturated carbocycles. The molecular formula is C13H20ClN3O2. The molecule has 1 aromatic carbocycles. The Bertz CT molecular complexity index is 396. The Morgan fingerprint density at radius 3 is 2.32 bits per heavy atom. The summed E-state index contributed by atoms with van der Waals surface area (Å²) in [6.07, 6.45) is 0.298. The highest BCUT2D eigenvalue weighted by Gasteiger charge is 2.05. The summed E-state index contributed by atoms with van der Waals surface area (Å²) in [5, 5.41) is 5.41. The van der Waals surface area contributed by atoms with E-state index in [0.29, 0.717) is 25.1 Å². The molecule has 4 N–H and O–H groups in total. The number of halogens is 1. The summed E-state index contributed by atoms with van der Waals surface area (Å²) in [5.41, 5.74) is 6.10. The SMILES string of the molecule is CC(N)CC(=O)NCCNC(=O)c1ccccc1.Cl.